The summed E-state index contributed by atoms with van der Waals surface area (Å²) in [5.41, 5.74) is 6.40. The topological polar surface area (TPSA) is 68.0 Å². The summed E-state index contributed by atoms with van der Waals surface area (Å²) in [7, 11) is 0. The Morgan fingerprint density at radius 2 is 1.82 bits per heavy atom. The predicted molar refractivity (Wildman–Crippen MR) is 99.5 cm³/mol. The number of halogens is 2. The van der Waals surface area contributed by atoms with E-state index < -0.39 is 0 Å². The zero-order chi connectivity index (χ0) is 15.4. The number of nitrogens with one attached hydrogen (secondary N) is 1. The maximum Gasteiger partial charge on any atom is 0.226 e. The van der Waals surface area contributed by atoms with Crippen LogP contribution in [-0.4, -0.2) is 23.0 Å². The predicted octanol–water partition coefficient (Wildman–Crippen LogP) is 3.46. The van der Waals surface area contributed by atoms with Crippen LogP contribution in [0.25, 0.3) is 0 Å². The van der Waals surface area contributed by atoms with Crippen molar-refractivity contribution in [1.29, 1.82) is 0 Å². The van der Waals surface area contributed by atoms with E-state index in [0.29, 0.717) is 13.0 Å². The van der Waals surface area contributed by atoms with Crippen LogP contribution in [0, 0.1) is 0 Å². The van der Waals surface area contributed by atoms with Crippen LogP contribution in [0.4, 0.5) is 0 Å². The van der Waals surface area contributed by atoms with Crippen LogP contribution < -0.4 is 11.1 Å². The fourth-order valence-electron chi connectivity index (χ4n) is 2.00. The van der Waals surface area contributed by atoms with Gasteiger partial charge in [-0.25, -0.2) is 4.98 Å². The highest BCUT2D eigenvalue weighted by Crippen LogP contribution is 2.25. The second kappa shape index (κ2) is 9.71. The zero-order valence-electron chi connectivity index (χ0n) is 14.1. The summed E-state index contributed by atoms with van der Waals surface area (Å²) < 4.78 is 0. The van der Waals surface area contributed by atoms with Crippen LogP contribution in [0.5, 0.6) is 0 Å². The van der Waals surface area contributed by atoms with Crippen LogP contribution in [0.2, 0.25) is 0 Å². The highest BCUT2D eigenvalue weighted by molar-refractivity contribution is 7.09. The highest BCUT2D eigenvalue weighted by atomic mass is 35.5. The van der Waals surface area contributed by atoms with Gasteiger partial charge in [-0.2, -0.15) is 0 Å². The maximum atomic E-state index is 12.2. The van der Waals surface area contributed by atoms with Gasteiger partial charge in [0.2, 0.25) is 5.91 Å². The molecule has 0 fully saturated rings. The van der Waals surface area contributed by atoms with E-state index in [1.54, 1.807) is 11.3 Å². The van der Waals surface area contributed by atoms with Crippen molar-refractivity contribution >= 4 is 42.1 Å². The molecule has 130 valence electrons. The number of nitrogens with two attached hydrogens (primary N) is 1. The van der Waals surface area contributed by atoms with E-state index in [-0.39, 0.29) is 41.7 Å². The molecule has 7 heteroatoms. The fourth-order valence-corrected chi connectivity index (χ4v) is 2.91. The molecule has 0 aliphatic heterocycles. The molecule has 0 saturated heterocycles. The van der Waals surface area contributed by atoms with Crippen molar-refractivity contribution in [2.75, 3.05) is 6.54 Å². The Morgan fingerprint density at radius 1 is 1.27 bits per heavy atom. The number of aromatic nitrogens is 1. The molecule has 1 aromatic rings. The number of carbonyl (C=O) groups excluding carboxylic acids is 1. The summed E-state index contributed by atoms with van der Waals surface area (Å²) in [6, 6.07) is 0. The Morgan fingerprint density at radius 3 is 2.18 bits per heavy atom. The summed E-state index contributed by atoms with van der Waals surface area (Å²) >= 11 is 1.62. The second-order valence-electron chi connectivity index (χ2n) is 6.31. The molecule has 0 aliphatic rings. The van der Waals surface area contributed by atoms with Gasteiger partial charge in [-0.15, -0.1) is 36.2 Å². The monoisotopic (exact) mass is 369 g/mol. The van der Waals surface area contributed by atoms with Crippen molar-refractivity contribution in [2.45, 2.75) is 64.8 Å². The van der Waals surface area contributed by atoms with Crippen molar-refractivity contribution in [3.8, 4) is 0 Å². The number of nitrogens with zero attached hydrogens (tertiary/aromatic N) is 1. The highest BCUT2D eigenvalue weighted by Gasteiger charge is 2.26. The number of hydrogen-bond acceptors (Lipinski definition) is 4. The zero-order valence-corrected chi connectivity index (χ0v) is 16.5. The van der Waals surface area contributed by atoms with E-state index in [0.717, 1.165) is 23.5 Å². The first-order chi connectivity index (χ1) is 9.26. The molecule has 0 bridgehead atoms. The van der Waals surface area contributed by atoms with Gasteiger partial charge in [0.25, 0.3) is 0 Å². The Kier molecular flexibility index (Phi) is 10.5. The van der Waals surface area contributed by atoms with Gasteiger partial charge in [-0.1, -0.05) is 34.6 Å². The van der Waals surface area contributed by atoms with Crippen molar-refractivity contribution in [1.82, 2.24) is 10.3 Å². The third-order valence-corrected chi connectivity index (χ3v) is 5.00. The molecular weight excluding hydrogens is 341 g/mol. The third kappa shape index (κ3) is 6.41. The van der Waals surface area contributed by atoms with E-state index in [9.17, 15) is 4.79 Å². The lowest BCUT2D eigenvalue weighted by molar-refractivity contribution is -0.122. The minimum atomic E-state index is -0.278. The summed E-state index contributed by atoms with van der Waals surface area (Å²) in [5, 5.41) is 6.12. The van der Waals surface area contributed by atoms with Crippen molar-refractivity contribution in [3.05, 3.63) is 16.1 Å². The van der Waals surface area contributed by atoms with Gasteiger partial charge in [0.15, 0.2) is 0 Å². The fraction of sp³-hybridized carbons (Fsp3) is 0.733. The lowest BCUT2D eigenvalue weighted by atomic mass is 9.92. The van der Waals surface area contributed by atoms with Crippen molar-refractivity contribution in [3.63, 3.8) is 0 Å². The van der Waals surface area contributed by atoms with E-state index in [2.05, 4.69) is 44.9 Å². The van der Waals surface area contributed by atoms with Gasteiger partial charge in [-0.05, 0) is 12.8 Å². The molecule has 1 amide bonds. The first-order valence-electron chi connectivity index (χ1n) is 7.22. The number of rotatable bonds is 6. The van der Waals surface area contributed by atoms with E-state index in [1.807, 2.05) is 5.38 Å². The smallest absolute Gasteiger partial charge is 0.226 e. The average molecular weight is 370 g/mol. The van der Waals surface area contributed by atoms with Crippen LogP contribution >= 0.6 is 36.2 Å². The first-order valence-corrected chi connectivity index (χ1v) is 8.10. The lowest BCUT2D eigenvalue weighted by Gasteiger charge is -2.31. The standard InChI is InChI=1S/C15H27N3OS.2ClH/c1-6-15(7-2,10-16)18-12(19)8-11-9-20-13(17-11)14(3,4)5;;/h9H,6-8,10,16H2,1-5H3,(H,18,19);2*1H. The number of hydrogen-bond donors (Lipinski definition) is 2. The number of thiazole rings is 1. The molecule has 1 heterocycles. The minimum Gasteiger partial charge on any atom is -0.349 e. The Bertz CT molecular complexity index is 446. The molecule has 0 unspecified atom stereocenters. The number of amides is 1. The van der Waals surface area contributed by atoms with Gasteiger partial charge in [-0.3, -0.25) is 4.79 Å². The number of carbonyl (C=O) groups is 1. The molecule has 1 rings (SSSR count). The SMILES string of the molecule is CCC(CC)(CN)NC(=O)Cc1csc(C(C)(C)C)n1.Cl.Cl. The molecule has 0 saturated carbocycles. The van der Waals surface area contributed by atoms with Crippen LogP contribution in [-0.2, 0) is 16.6 Å². The molecule has 22 heavy (non-hydrogen) atoms. The summed E-state index contributed by atoms with van der Waals surface area (Å²) in [6.07, 6.45) is 2.01. The van der Waals surface area contributed by atoms with E-state index in [4.69, 9.17) is 5.73 Å². The Balaban J connectivity index is 0. The molecule has 0 aromatic carbocycles. The van der Waals surface area contributed by atoms with Gasteiger partial charge in [0, 0.05) is 17.3 Å². The normalized spacial score (nSPS) is 11.4. The summed E-state index contributed by atoms with van der Waals surface area (Å²) in [6.45, 7) is 11.0. The maximum absolute atomic E-state index is 12.2. The van der Waals surface area contributed by atoms with Crippen molar-refractivity contribution in [2.24, 2.45) is 5.73 Å². The second-order valence-corrected chi connectivity index (χ2v) is 7.17. The molecule has 0 radical (unpaired) electrons. The molecule has 3 N–H and O–H groups in total. The third-order valence-electron chi connectivity index (χ3n) is 3.68. The molecule has 0 spiro atoms. The van der Waals surface area contributed by atoms with Crippen LogP contribution in [0.15, 0.2) is 5.38 Å². The Hall–Kier alpha value is -0.360. The van der Waals surface area contributed by atoms with Gasteiger partial charge in [0.05, 0.1) is 22.7 Å². The molecule has 4 nitrogen and oxygen atoms in total. The summed E-state index contributed by atoms with van der Waals surface area (Å²) in [4.78, 5) is 16.7. The van der Waals surface area contributed by atoms with Crippen LogP contribution in [0.3, 0.4) is 0 Å². The van der Waals surface area contributed by atoms with Gasteiger partial charge < -0.3 is 11.1 Å². The van der Waals surface area contributed by atoms with Gasteiger partial charge >= 0.3 is 0 Å². The quantitative estimate of drug-likeness (QED) is 0.806. The first kappa shape index (κ1) is 23.9. The van der Waals surface area contributed by atoms with Crippen LogP contribution in [0.1, 0.15) is 58.2 Å². The molecule has 0 atom stereocenters. The van der Waals surface area contributed by atoms with Crippen molar-refractivity contribution < 1.29 is 4.79 Å². The largest absolute Gasteiger partial charge is 0.349 e. The minimum absolute atomic E-state index is 0. The van der Waals surface area contributed by atoms with E-state index >= 15 is 0 Å². The molecular formula is C15H29Cl2N3OS. The molecule has 0 aliphatic carbocycles. The summed E-state index contributed by atoms with van der Waals surface area (Å²) in [5.74, 6) is 0.00455. The lowest BCUT2D eigenvalue weighted by Crippen LogP contribution is -2.53. The van der Waals surface area contributed by atoms with Gasteiger partial charge in [0.1, 0.15) is 0 Å². The average Bonchev–Trinajstić information content (AvgIpc) is 2.84. The molecule has 1 aromatic heterocycles. The Labute approximate surface area is 150 Å². The van der Waals surface area contributed by atoms with E-state index in [1.165, 1.54) is 0 Å².